The molecule has 1 aromatic rings. The number of nitrogens with one attached hydrogen (secondary N) is 1. The van der Waals surface area contributed by atoms with Crippen molar-refractivity contribution in [2.75, 3.05) is 13.7 Å². The summed E-state index contributed by atoms with van der Waals surface area (Å²) in [5.41, 5.74) is 0.809. The molecule has 0 unspecified atom stereocenters. The van der Waals surface area contributed by atoms with E-state index in [0.717, 1.165) is 12.0 Å². The molecule has 0 aliphatic rings. The number of carbonyl (C=O) groups excluding carboxylic acids is 1. The molecule has 0 aromatic heterocycles. The van der Waals surface area contributed by atoms with Gasteiger partial charge in [0.1, 0.15) is 5.75 Å². The molecule has 0 aliphatic carbocycles. The number of benzene rings is 1. The van der Waals surface area contributed by atoms with Crippen LogP contribution in [0.15, 0.2) is 18.2 Å². The molecule has 0 heterocycles. The zero-order valence-corrected chi connectivity index (χ0v) is 10.3. The lowest BCUT2D eigenvalue weighted by Gasteiger charge is -2.09. The SMILES string of the molecule is CCCNC(=O)Cc1cc(Cl)ccc1OC. The molecule has 1 N–H and O–H groups in total. The van der Waals surface area contributed by atoms with Gasteiger partial charge in [-0.25, -0.2) is 0 Å². The van der Waals surface area contributed by atoms with Crippen LogP contribution in [-0.4, -0.2) is 19.6 Å². The number of hydrogen-bond acceptors (Lipinski definition) is 2. The first-order valence-corrected chi connectivity index (χ1v) is 5.64. The first-order chi connectivity index (χ1) is 7.67. The molecular weight excluding hydrogens is 226 g/mol. The van der Waals surface area contributed by atoms with Gasteiger partial charge < -0.3 is 10.1 Å². The van der Waals surface area contributed by atoms with Crippen molar-refractivity contribution in [2.45, 2.75) is 19.8 Å². The second kappa shape index (κ2) is 6.38. The van der Waals surface area contributed by atoms with E-state index in [1.807, 2.05) is 6.92 Å². The Bertz CT molecular complexity index is 366. The molecule has 16 heavy (non-hydrogen) atoms. The van der Waals surface area contributed by atoms with Crippen LogP contribution < -0.4 is 10.1 Å². The summed E-state index contributed by atoms with van der Waals surface area (Å²) in [5.74, 6) is 0.679. The van der Waals surface area contributed by atoms with Crippen LogP contribution in [0.2, 0.25) is 5.02 Å². The zero-order chi connectivity index (χ0) is 12.0. The molecule has 0 saturated carbocycles. The minimum atomic E-state index is -0.0117. The van der Waals surface area contributed by atoms with Crippen LogP contribution in [0.5, 0.6) is 5.75 Å². The fourth-order valence-electron chi connectivity index (χ4n) is 1.39. The molecular formula is C12H16ClNO2. The van der Waals surface area contributed by atoms with E-state index in [1.165, 1.54) is 0 Å². The third-order valence-electron chi connectivity index (χ3n) is 2.17. The highest BCUT2D eigenvalue weighted by Gasteiger charge is 2.08. The van der Waals surface area contributed by atoms with Crippen molar-refractivity contribution in [3.63, 3.8) is 0 Å². The molecule has 4 heteroatoms. The molecule has 0 radical (unpaired) electrons. The van der Waals surface area contributed by atoms with E-state index in [4.69, 9.17) is 16.3 Å². The monoisotopic (exact) mass is 241 g/mol. The Hall–Kier alpha value is -1.22. The van der Waals surface area contributed by atoms with Gasteiger partial charge in [-0.2, -0.15) is 0 Å². The highest BCUT2D eigenvalue weighted by molar-refractivity contribution is 6.30. The van der Waals surface area contributed by atoms with Crippen molar-refractivity contribution < 1.29 is 9.53 Å². The molecule has 0 saturated heterocycles. The Balaban J connectivity index is 2.71. The van der Waals surface area contributed by atoms with E-state index in [2.05, 4.69) is 5.32 Å². The van der Waals surface area contributed by atoms with E-state index in [0.29, 0.717) is 23.7 Å². The third-order valence-corrected chi connectivity index (χ3v) is 2.40. The van der Waals surface area contributed by atoms with Gasteiger partial charge in [0.25, 0.3) is 0 Å². The maximum absolute atomic E-state index is 11.5. The average molecular weight is 242 g/mol. The van der Waals surface area contributed by atoms with Crippen molar-refractivity contribution in [2.24, 2.45) is 0 Å². The summed E-state index contributed by atoms with van der Waals surface area (Å²) >= 11 is 5.87. The van der Waals surface area contributed by atoms with Crippen LogP contribution in [0.25, 0.3) is 0 Å². The van der Waals surface area contributed by atoms with Gasteiger partial charge in [0, 0.05) is 17.1 Å². The Morgan fingerprint density at radius 3 is 2.88 bits per heavy atom. The molecule has 0 fully saturated rings. The molecule has 1 amide bonds. The smallest absolute Gasteiger partial charge is 0.224 e. The summed E-state index contributed by atoms with van der Waals surface area (Å²) in [6, 6.07) is 5.27. The van der Waals surface area contributed by atoms with E-state index < -0.39 is 0 Å². The normalized spacial score (nSPS) is 9.94. The maximum Gasteiger partial charge on any atom is 0.224 e. The quantitative estimate of drug-likeness (QED) is 0.860. The summed E-state index contributed by atoms with van der Waals surface area (Å²) in [6.45, 7) is 2.71. The fraction of sp³-hybridized carbons (Fsp3) is 0.417. The predicted octanol–water partition coefficient (Wildman–Crippen LogP) is 2.42. The molecule has 0 bridgehead atoms. The van der Waals surface area contributed by atoms with Crippen LogP contribution in [-0.2, 0) is 11.2 Å². The van der Waals surface area contributed by atoms with Gasteiger partial charge in [0.15, 0.2) is 0 Å². The van der Waals surface area contributed by atoms with Crippen molar-refractivity contribution in [1.82, 2.24) is 5.32 Å². The molecule has 88 valence electrons. The first kappa shape index (κ1) is 12.8. The van der Waals surface area contributed by atoms with Gasteiger partial charge in [-0.3, -0.25) is 4.79 Å². The Kier molecular flexibility index (Phi) is 5.12. The zero-order valence-electron chi connectivity index (χ0n) is 9.55. The Labute approximate surface area is 101 Å². The summed E-state index contributed by atoms with van der Waals surface area (Å²) < 4.78 is 5.17. The minimum absolute atomic E-state index is 0.0117. The number of rotatable bonds is 5. The number of carbonyl (C=O) groups is 1. The number of ether oxygens (including phenoxy) is 1. The standard InChI is InChI=1S/C12H16ClNO2/c1-3-6-14-12(15)8-9-7-10(13)4-5-11(9)16-2/h4-5,7H,3,6,8H2,1-2H3,(H,14,15). The van der Waals surface area contributed by atoms with Crippen LogP contribution in [0.4, 0.5) is 0 Å². The van der Waals surface area contributed by atoms with Crippen molar-refractivity contribution in [3.05, 3.63) is 28.8 Å². The van der Waals surface area contributed by atoms with Crippen LogP contribution in [0.1, 0.15) is 18.9 Å². The highest BCUT2D eigenvalue weighted by atomic mass is 35.5. The molecule has 0 spiro atoms. The highest BCUT2D eigenvalue weighted by Crippen LogP contribution is 2.22. The summed E-state index contributed by atoms with van der Waals surface area (Å²) in [5, 5.41) is 3.42. The van der Waals surface area contributed by atoms with Crippen LogP contribution in [0, 0.1) is 0 Å². The number of halogens is 1. The van der Waals surface area contributed by atoms with Gasteiger partial charge in [-0.15, -0.1) is 0 Å². The van der Waals surface area contributed by atoms with Gasteiger partial charge in [0.2, 0.25) is 5.91 Å². The lowest BCUT2D eigenvalue weighted by atomic mass is 10.1. The first-order valence-electron chi connectivity index (χ1n) is 5.26. The lowest BCUT2D eigenvalue weighted by Crippen LogP contribution is -2.25. The second-order valence-corrected chi connectivity index (χ2v) is 3.92. The molecule has 1 aromatic carbocycles. The fourth-order valence-corrected chi connectivity index (χ4v) is 1.58. The van der Waals surface area contributed by atoms with Gasteiger partial charge >= 0.3 is 0 Å². The summed E-state index contributed by atoms with van der Waals surface area (Å²) in [6.07, 6.45) is 1.22. The van der Waals surface area contributed by atoms with Crippen molar-refractivity contribution in [3.8, 4) is 5.75 Å². The largest absolute Gasteiger partial charge is 0.496 e. The van der Waals surface area contributed by atoms with Gasteiger partial charge in [0.05, 0.1) is 13.5 Å². The Morgan fingerprint density at radius 1 is 1.50 bits per heavy atom. The number of methoxy groups -OCH3 is 1. The maximum atomic E-state index is 11.5. The average Bonchev–Trinajstić information content (AvgIpc) is 2.27. The van der Waals surface area contributed by atoms with E-state index >= 15 is 0 Å². The molecule has 3 nitrogen and oxygen atoms in total. The second-order valence-electron chi connectivity index (χ2n) is 3.48. The van der Waals surface area contributed by atoms with Gasteiger partial charge in [-0.1, -0.05) is 18.5 Å². The van der Waals surface area contributed by atoms with E-state index in [9.17, 15) is 4.79 Å². The van der Waals surface area contributed by atoms with E-state index in [-0.39, 0.29) is 5.91 Å². The molecule has 1 rings (SSSR count). The van der Waals surface area contributed by atoms with Crippen molar-refractivity contribution in [1.29, 1.82) is 0 Å². The topological polar surface area (TPSA) is 38.3 Å². The van der Waals surface area contributed by atoms with Crippen molar-refractivity contribution >= 4 is 17.5 Å². The van der Waals surface area contributed by atoms with Gasteiger partial charge in [-0.05, 0) is 24.6 Å². The lowest BCUT2D eigenvalue weighted by molar-refractivity contribution is -0.120. The Morgan fingerprint density at radius 2 is 2.25 bits per heavy atom. The van der Waals surface area contributed by atoms with Crippen LogP contribution >= 0.6 is 11.6 Å². The van der Waals surface area contributed by atoms with Crippen LogP contribution in [0.3, 0.4) is 0 Å². The molecule has 0 atom stereocenters. The summed E-state index contributed by atoms with van der Waals surface area (Å²) in [4.78, 5) is 11.5. The number of hydrogen-bond donors (Lipinski definition) is 1. The predicted molar refractivity (Wildman–Crippen MR) is 65.0 cm³/mol. The summed E-state index contributed by atoms with van der Waals surface area (Å²) in [7, 11) is 1.58. The minimum Gasteiger partial charge on any atom is -0.496 e. The molecule has 0 aliphatic heterocycles. The third kappa shape index (κ3) is 3.74. The van der Waals surface area contributed by atoms with E-state index in [1.54, 1.807) is 25.3 Å². The number of amides is 1.